The van der Waals surface area contributed by atoms with Gasteiger partial charge in [0.05, 0.1) is 23.4 Å². The van der Waals surface area contributed by atoms with Crippen LogP contribution in [0.25, 0.3) is 16.8 Å². The molecule has 2 aromatic carbocycles. The number of nitrogen functional groups attached to an aromatic ring is 1. The molecule has 0 spiro atoms. The van der Waals surface area contributed by atoms with Crippen molar-refractivity contribution < 1.29 is 9.63 Å². The Balaban J connectivity index is 1.40. The number of hydrogen-bond acceptors (Lipinski definition) is 5. The minimum atomic E-state index is -0.370. The number of carbonyl (C=O) groups excluding carboxylic acids is 1. The molecular formula is C22H19ClN6O2. The second kappa shape index (κ2) is 7.90. The van der Waals surface area contributed by atoms with E-state index in [0.29, 0.717) is 23.0 Å². The minimum absolute atomic E-state index is 0.150. The van der Waals surface area contributed by atoms with Crippen molar-refractivity contribution in [3.8, 4) is 11.1 Å². The van der Waals surface area contributed by atoms with Crippen LogP contribution in [0.2, 0.25) is 5.02 Å². The molecule has 8 nitrogen and oxygen atoms in total. The van der Waals surface area contributed by atoms with Crippen LogP contribution in [0.3, 0.4) is 0 Å². The van der Waals surface area contributed by atoms with E-state index in [1.807, 2.05) is 60.8 Å². The fourth-order valence-electron chi connectivity index (χ4n) is 3.69. The number of hydrogen-bond donors (Lipinski definition) is 2. The quantitative estimate of drug-likeness (QED) is 0.493. The maximum absolute atomic E-state index is 13.0. The van der Waals surface area contributed by atoms with Gasteiger partial charge in [-0.15, -0.1) is 5.10 Å². The first kappa shape index (κ1) is 19.3. The first-order valence-corrected chi connectivity index (χ1v) is 10.2. The Morgan fingerprint density at radius 3 is 2.77 bits per heavy atom. The minimum Gasteiger partial charge on any atom is -0.366 e. The van der Waals surface area contributed by atoms with Gasteiger partial charge in [0.1, 0.15) is 0 Å². The molecular weight excluding hydrogens is 416 g/mol. The van der Waals surface area contributed by atoms with Gasteiger partial charge in [-0.05, 0) is 35.4 Å². The topological polar surface area (TPSA) is 97.8 Å². The maximum Gasteiger partial charge on any atom is 0.346 e. The van der Waals surface area contributed by atoms with Crippen molar-refractivity contribution in [1.29, 1.82) is 0 Å². The number of halogens is 1. The number of aromatic nitrogens is 3. The Kier molecular flexibility index (Phi) is 4.93. The summed E-state index contributed by atoms with van der Waals surface area (Å²) in [7, 11) is 0. The molecule has 0 aliphatic carbocycles. The molecule has 0 saturated carbocycles. The lowest BCUT2D eigenvalue weighted by Crippen LogP contribution is -2.33. The monoisotopic (exact) mass is 434 g/mol. The number of hydroxylamine groups is 2. The molecule has 1 aliphatic heterocycles. The average molecular weight is 435 g/mol. The standard InChI is InChI=1S/C22H19ClN6O2/c23-17-8-6-15(16-7-9-20-26-21(24)27-28(20)13-16)12-18(17)25-22(30)29-19(10-11-31-29)14-4-2-1-3-5-14/h1-9,12-13,19H,10-11H2,(H2,24,27)(H,25,30). The Bertz CT molecular complexity index is 1260. The summed E-state index contributed by atoms with van der Waals surface area (Å²) in [4.78, 5) is 22.7. The molecule has 1 unspecified atom stereocenters. The zero-order valence-electron chi connectivity index (χ0n) is 16.4. The lowest BCUT2D eigenvalue weighted by Gasteiger charge is -2.23. The Hall–Kier alpha value is -3.62. The van der Waals surface area contributed by atoms with Crippen LogP contribution in [0.5, 0.6) is 0 Å². The number of nitrogens with one attached hydrogen (secondary N) is 1. The highest BCUT2D eigenvalue weighted by atomic mass is 35.5. The summed E-state index contributed by atoms with van der Waals surface area (Å²) < 4.78 is 1.61. The molecule has 2 aromatic heterocycles. The van der Waals surface area contributed by atoms with Crippen LogP contribution in [0.4, 0.5) is 16.4 Å². The summed E-state index contributed by atoms with van der Waals surface area (Å²) in [6, 6.07) is 18.5. The molecule has 5 rings (SSSR count). The molecule has 2 amide bonds. The molecule has 1 saturated heterocycles. The van der Waals surface area contributed by atoms with Crippen LogP contribution in [0.15, 0.2) is 66.9 Å². The number of rotatable bonds is 3. The first-order valence-electron chi connectivity index (χ1n) is 9.78. The van der Waals surface area contributed by atoms with E-state index < -0.39 is 0 Å². The number of urea groups is 1. The molecule has 9 heteroatoms. The predicted molar refractivity (Wildman–Crippen MR) is 118 cm³/mol. The number of pyridine rings is 1. The highest BCUT2D eigenvalue weighted by Crippen LogP contribution is 2.33. The molecule has 1 aliphatic rings. The highest BCUT2D eigenvalue weighted by Gasteiger charge is 2.32. The highest BCUT2D eigenvalue weighted by molar-refractivity contribution is 6.33. The number of nitrogens with zero attached hydrogens (tertiary/aromatic N) is 4. The van der Waals surface area contributed by atoms with Gasteiger partial charge in [0.25, 0.3) is 0 Å². The van der Waals surface area contributed by atoms with Gasteiger partial charge in [-0.2, -0.15) is 10.0 Å². The van der Waals surface area contributed by atoms with Gasteiger partial charge in [-0.3, -0.25) is 4.84 Å². The zero-order chi connectivity index (χ0) is 21.4. The van der Waals surface area contributed by atoms with Gasteiger partial charge in [0, 0.05) is 18.2 Å². The van der Waals surface area contributed by atoms with E-state index >= 15 is 0 Å². The number of benzene rings is 2. The predicted octanol–water partition coefficient (Wildman–Crippen LogP) is 4.54. The summed E-state index contributed by atoms with van der Waals surface area (Å²) in [5.41, 5.74) is 9.57. The van der Waals surface area contributed by atoms with Crippen LogP contribution in [-0.4, -0.2) is 32.3 Å². The molecule has 4 aromatic rings. The number of fused-ring (bicyclic) bond motifs is 1. The van der Waals surface area contributed by atoms with Crippen LogP contribution in [-0.2, 0) is 4.84 Å². The third kappa shape index (κ3) is 3.78. The van der Waals surface area contributed by atoms with Crippen LogP contribution in [0.1, 0.15) is 18.0 Å². The Labute approximate surface area is 183 Å². The molecule has 156 valence electrons. The number of amides is 2. The van der Waals surface area contributed by atoms with Crippen molar-refractivity contribution in [3.63, 3.8) is 0 Å². The van der Waals surface area contributed by atoms with Gasteiger partial charge >= 0.3 is 6.03 Å². The summed E-state index contributed by atoms with van der Waals surface area (Å²) in [6.07, 6.45) is 2.55. The molecule has 1 atom stereocenters. The van der Waals surface area contributed by atoms with Crippen molar-refractivity contribution in [2.24, 2.45) is 0 Å². The normalized spacial score (nSPS) is 16.0. The van der Waals surface area contributed by atoms with Crippen LogP contribution < -0.4 is 11.1 Å². The van der Waals surface area contributed by atoms with E-state index in [0.717, 1.165) is 23.1 Å². The lowest BCUT2D eigenvalue weighted by atomic mass is 10.1. The van der Waals surface area contributed by atoms with Crippen molar-refractivity contribution in [3.05, 3.63) is 77.4 Å². The summed E-state index contributed by atoms with van der Waals surface area (Å²) in [5, 5.41) is 8.83. The third-order valence-corrected chi connectivity index (χ3v) is 5.51. The van der Waals surface area contributed by atoms with E-state index in [-0.39, 0.29) is 18.0 Å². The Morgan fingerprint density at radius 1 is 1.13 bits per heavy atom. The first-order chi connectivity index (χ1) is 15.1. The van der Waals surface area contributed by atoms with Crippen molar-refractivity contribution in [2.45, 2.75) is 12.5 Å². The van der Waals surface area contributed by atoms with Crippen molar-refractivity contribution in [2.75, 3.05) is 17.7 Å². The van der Waals surface area contributed by atoms with Crippen molar-refractivity contribution in [1.82, 2.24) is 19.7 Å². The fraction of sp³-hybridized carbons (Fsp3) is 0.136. The summed E-state index contributed by atoms with van der Waals surface area (Å²) in [5.74, 6) is 0.208. The van der Waals surface area contributed by atoms with E-state index in [1.54, 1.807) is 10.6 Å². The van der Waals surface area contributed by atoms with Gasteiger partial charge in [-0.25, -0.2) is 9.31 Å². The van der Waals surface area contributed by atoms with Gasteiger partial charge in [0.15, 0.2) is 5.65 Å². The van der Waals surface area contributed by atoms with Gasteiger partial charge in [-0.1, -0.05) is 48.0 Å². The van der Waals surface area contributed by atoms with E-state index in [1.165, 1.54) is 5.06 Å². The molecule has 1 fully saturated rings. The molecule has 0 bridgehead atoms. The SMILES string of the molecule is Nc1nc2ccc(-c3ccc(Cl)c(NC(=O)N4OCCC4c4ccccc4)c3)cn2n1. The number of nitrogens with two attached hydrogens (primary N) is 1. The van der Waals surface area contributed by atoms with E-state index in [2.05, 4.69) is 15.4 Å². The summed E-state index contributed by atoms with van der Waals surface area (Å²) in [6.45, 7) is 0.474. The van der Waals surface area contributed by atoms with Crippen LogP contribution in [0, 0.1) is 0 Å². The van der Waals surface area contributed by atoms with E-state index in [4.69, 9.17) is 22.2 Å². The largest absolute Gasteiger partial charge is 0.366 e. The smallest absolute Gasteiger partial charge is 0.346 e. The molecule has 31 heavy (non-hydrogen) atoms. The summed E-state index contributed by atoms with van der Waals surface area (Å²) >= 11 is 6.37. The zero-order valence-corrected chi connectivity index (χ0v) is 17.2. The van der Waals surface area contributed by atoms with Gasteiger partial charge < -0.3 is 11.1 Å². The average Bonchev–Trinajstić information content (AvgIpc) is 3.41. The fourth-order valence-corrected chi connectivity index (χ4v) is 3.85. The lowest BCUT2D eigenvalue weighted by molar-refractivity contribution is -0.0829. The third-order valence-electron chi connectivity index (χ3n) is 5.18. The number of carbonyl (C=O) groups is 1. The van der Waals surface area contributed by atoms with Crippen LogP contribution >= 0.6 is 11.6 Å². The maximum atomic E-state index is 13.0. The molecule has 3 N–H and O–H groups in total. The second-order valence-electron chi connectivity index (χ2n) is 7.19. The Morgan fingerprint density at radius 2 is 1.94 bits per heavy atom. The number of anilines is 2. The second-order valence-corrected chi connectivity index (χ2v) is 7.60. The molecule has 0 radical (unpaired) electrons. The van der Waals surface area contributed by atoms with E-state index in [9.17, 15) is 4.79 Å². The van der Waals surface area contributed by atoms with Gasteiger partial charge in [0.2, 0.25) is 5.95 Å². The van der Waals surface area contributed by atoms with Crippen molar-refractivity contribution >= 4 is 34.9 Å². The molecule has 3 heterocycles.